The fourth-order valence-electron chi connectivity index (χ4n) is 2.89. The predicted molar refractivity (Wildman–Crippen MR) is 86.8 cm³/mol. The number of hydrogen-bond donors (Lipinski definition) is 0. The molecule has 1 fully saturated rings. The smallest absolute Gasteiger partial charge is 0.305 e. The molecule has 1 aromatic carbocycles. The topological polar surface area (TPSA) is 35.5 Å². The lowest BCUT2D eigenvalue weighted by Crippen LogP contribution is -2.28. The van der Waals surface area contributed by atoms with Crippen LogP contribution in [-0.2, 0) is 9.53 Å². The van der Waals surface area contributed by atoms with E-state index in [0.29, 0.717) is 12.4 Å². The lowest BCUT2D eigenvalue weighted by Gasteiger charge is -2.32. The third-order valence-electron chi connectivity index (χ3n) is 3.92. The summed E-state index contributed by atoms with van der Waals surface area (Å²) in [6.45, 7) is 1.84. The Bertz CT molecular complexity index is 461. The molecule has 0 aliphatic heterocycles. The molecule has 0 unspecified atom stereocenters. The molecule has 0 saturated heterocycles. The van der Waals surface area contributed by atoms with Crippen molar-refractivity contribution in [2.75, 3.05) is 12.2 Å². The van der Waals surface area contributed by atoms with Crippen molar-refractivity contribution in [3.05, 3.63) is 29.8 Å². The Labute approximate surface area is 131 Å². The van der Waals surface area contributed by atoms with Crippen LogP contribution in [0.3, 0.4) is 0 Å². The summed E-state index contributed by atoms with van der Waals surface area (Å²) >= 11 is 1.66. The van der Waals surface area contributed by atoms with Gasteiger partial charge in [0.15, 0.2) is 0 Å². The van der Waals surface area contributed by atoms with Gasteiger partial charge in [-0.3, -0.25) is 4.79 Å². The van der Waals surface area contributed by atoms with Crippen molar-refractivity contribution >= 4 is 17.7 Å². The minimum absolute atomic E-state index is 0.00905. The highest BCUT2D eigenvalue weighted by atomic mass is 32.2. The van der Waals surface area contributed by atoms with Gasteiger partial charge in [0, 0.05) is 17.9 Å². The molecule has 116 valence electrons. The van der Waals surface area contributed by atoms with Crippen LogP contribution in [0.2, 0.25) is 0 Å². The zero-order chi connectivity index (χ0) is 15.1. The molecule has 1 aliphatic rings. The first-order valence-electron chi connectivity index (χ1n) is 7.66. The molecular weight excluding hydrogens is 284 g/mol. The van der Waals surface area contributed by atoms with E-state index < -0.39 is 0 Å². The van der Waals surface area contributed by atoms with Crippen LogP contribution in [0.4, 0.5) is 0 Å². The number of benzene rings is 1. The van der Waals surface area contributed by atoms with E-state index in [9.17, 15) is 4.79 Å². The second-order valence-corrected chi connectivity index (χ2v) is 6.17. The third kappa shape index (κ3) is 4.40. The maximum atomic E-state index is 11.7. The van der Waals surface area contributed by atoms with Crippen LogP contribution in [0.1, 0.15) is 50.5 Å². The quantitative estimate of drug-likeness (QED) is 0.577. The van der Waals surface area contributed by atoms with E-state index in [1.807, 2.05) is 31.4 Å². The summed E-state index contributed by atoms with van der Waals surface area (Å²) in [5.74, 6) is 1.72. The normalized spacial score (nSPS) is 21.8. The third-order valence-corrected chi connectivity index (χ3v) is 4.28. The predicted octanol–water partition coefficient (Wildman–Crippen LogP) is 4.37. The Hall–Kier alpha value is -1.16. The molecule has 1 aromatic rings. The minimum Gasteiger partial charge on any atom is -0.483 e. The van der Waals surface area contributed by atoms with Gasteiger partial charge in [-0.15, -0.1) is 11.8 Å². The lowest BCUT2D eigenvalue weighted by molar-refractivity contribution is -0.151. The molecule has 4 heteroatoms. The highest BCUT2D eigenvalue weighted by molar-refractivity contribution is 7.98. The summed E-state index contributed by atoms with van der Waals surface area (Å²) < 4.78 is 11.5. The van der Waals surface area contributed by atoms with Gasteiger partial charge >= 0.3 is 5.97 Å². The van der Waals surface area contributed by atoms with E-state index in [4.69, 9.17) is 9.47 Å². The Morgan fingerprint density at radius 3 is 2.81 bits per heavy atom. The molecule has 21 heavy (non-hydrogen) atoms. The van der Waals surface area contributed by atoms with E-state index in [1.54, 1.807) is 11.8 Å². The number of carbonyl (C=O) groups excluding carboxylic acids is 1. The molecule has 0 bridgehead atoms. The Morgan fingerprint density at radius 2 is 2.05 bits per heavy atom. The standard InChI is InChI=1S/C17H24O3S/c1-3-17(18)20-16-11-7-5-9-14(16)13-8-4-6-10-15(13)19-12-21-2/h4,6,8,10,14,16H,3,5,7,9,11-12H2,1-2H3/t14-,16+/m0/s1. The van der Waals surface area contributed by atoms with E-state index in [2.05, 4.69) is 6.07 Å². The molecule has 0 heterocycles. The van der Waals surface area contributed by atoms with Gasteiger partial charge in [0.25, 0.3) is 0 Å². The summed E-state index contributed by atoms with van der Waals surface area (Å²) in [6.07, 6.45) is 6.77. The zero-order valence-corrected chi connectivity index (χ0v) is 13.7. The van der Waals surface area contributed by atoms with Crippen molar-refractivity contribution in [2.24, 2.45) is 0 Å². The van der Waals surface area contributed by atoms with Crippen molar-refractivity contribution in [1.29, 1.82) is 0 Å². The van der Waals surface area contributed by atoms with Crippen LogP contribution in [-0.4, -0.2) is 24.3 Å². The van der Waals surface area contributed by atoms with Gasteiger partial charge in [0.05, 0.1) is 0 Å². The molecule has 0 aromatic heterocycles. The van der Waals surface area contributed by atoms with E-state index >= 15 is 0 Å². The number of thioether (sulfide) groups is 1. The first kappa shape index (κ1) is 16.2. The molecule has 0 radical (unpaired) electrons. The van der Waals surface area contributed by atoms with Crippen molar-refractivity contribution in [3.8, 4) is 5.75 Å². The summed E-state index contributed by atoms with van der Waals surface area (Å²) in [5.41, 5.74) is 1.18. The Kier molecular flexibility index (Phi) is 6.43. The molecule has 0 spiro atoms. The van der Waals surface area contributed by atoms with Crippen LogP contribution < -0.4 is 4.74 Å². The highest BCUT2D eigenvalue weighted by Crippen LogP contribution is 2.39. The maximum Gasteiger partial charge on any atom is 0.305 e. The van der Waals surface area contributed by atoms with Crippen molar-refractivity contribution in [1.82, 2.24) is 0 Å². The van der Waals surface area contributed by atoms with Crippen LogP contribution in [0, 0.1) is 0 Å². The van der Waals surface area contributed by atoms with Crippen molar-refractivity contribution < 1.29 is 14.3 Å². The van der Waals surface area contributed by atoms with E-state index in [-0.39, 0.29) is 18.0 Å². The number of esters is 1. The number of para-hydroxylation sites is 1. The first-order chi connectivity index (χ1) is 10.3. The maximum absolute atomic E-state index is 11.7. The van der Waals surface area contributed by atoms with Gasteiger partial charge in [0.2, 0.25) is 0 Å². The van der Waals surface area contributed by atoms with Gasteiger partial charge in [0.1, 0.15) is 17.8 Å². The van der Waals surface area contributed by atoms with Gasteiger partial charge in [-0.05, 0) is 31.6 Å². The number of rotatable bonds is 6. The molecule has 1 aliphatic carbocycles. The average molecular weight is 308 g/mol. The molecule has 2 rings (SSSR count). The summed E-state index contributed by atoms with van der Waals surface area (Å²) in [6, 6.07) is 8.15. The second-order valence-electron chi connectivity index (χ2n) is 5.36. The summed E-state index contributed by atoms with van der Waals surface area (Å²) in [7, 11) is 0. The largest absolute Gasteiger partial charge is 0.483 e. The van der Waals surface area contributed by atoms with Crippen molar-refractivity contribution in [3.63, 3.8) is 0 Å². The van der Waals surface area contributed by atoms with Gasteiger partial charge in [-0.25, -0.2) is 0 Å². The van der Waals surface area contributed by atoms with Gasteiger partial charge in [-0.2, -0.15) is 0 Å². The molecule has 0 amide bonds. The highest BCUT2D eigenvalue weighted by Gasteiger charge is 2.31. The molecule has 1 saturated carbocycles. The minimum atomic E-state index is -0.102. The second kappa shape index (κ2) is 8.32. The van der Waals surface area contributed by atoms with Gasteiger partial charge < -0.3 is 9.47 Å². The SMILES string of the molecule is CCC(=O)O[C@@H]1CCCC[C@H]1c1ccccc1OCSC. The average Bonchev–Trinajstić information content (AvgIpc) is 2.53. The molecular formula is C17H24O3S. The molecule has 0 N–H and O–H groups in total. The van der Waals surface area contributed by atoms with E-state index in [1.165, 1.54) is 12.0 Å². The monoisotopic (exact) mass is 308 g/mol. The first-order valence-corrected chi connectivity index (χ1v) is 9.05. The summed E-state index contributed by atoms with van der Waals surface area (Å²) in [5, 5.41) is 0. The fourth-order valence-corrected chi connectivity index (χ4v) is 3.13. The Balaban J connectivity index is 2.18. The van der Waals surface area contributed by atoms with Crippen LogP contribution in [0.5, 0.6) is 5.75 Å². The Morgan fingerprint density at radius 1 is 1.29 bits per heavy atom. The zero-order valence-electron chi connectivity index (χ0n) is 12.8. The number of carbonyl (C=O) groups is 1. The molecule has 2 atom stereocenters. The van der Waals surface area contributed by atoms with Crippen LogP contribution in [0.15, 0.2) is 24.3 Å². The van der Waals surface area contributed by atoms with Crippen LogP contribution >= 0.6 is 11.8 Å². The molecule has 3 nitrogen and oxygen atoms in total. The lowest BCUT2D eigenvalue weighted by atomic mass is 9.81. The van der Waals surface area contributed by atoms with E-state index in [0.717, 1.165) is 25.0 Å². The van der Waals surface area contributed by atoms with Crippen LogP contribution in [0.25, 0.3) is 0 Å². The number of ether oxygens (including phenoxy) is 2. The number of hydrogen-bond acceptors (Lipinski definition) is 4. The van der Waals surface area contributed by atoms with Crippen molar-refractivity contribution in [2.45, 2.75) is 51.0 Å². The van der Waals surface area contributed by atoms with Gasteiger partial charge in [-0.1, -0.05) is 31.5 Å². The summed E-state index contributed by atoms with van der Waals surface area (Å²) in [4.78, 5) is 11.7. The fraction of sp³-hybridized carbons (Fsp3) is 0.588.